The van der Waals surface area contributed by atoms with Gasteiger partial charge in [-0.2, -0.15) is 5.21 Å². The predicted octanol–water partition coefficient (Wildman–Crippen LogP) is -0.755. The molecule has 0 radical (unpaired) electrons. The predicted molar refractivity (Wildman–Crippen MR) is 61.1 cm³/mol. The van der Waals surface area contributed by atoms with Crippen molar-refractivity contribution in [1.82, 2.24) is 30.8 Å². The summed E-state index contributed by atoms with van der Waals surface area (Å²) >= 11 is 0. The van der Waals surface area contributed by atoms with E-state index in [-0.39, 0.29) is 30.2 Å². The Morgan fingerprint density at radius 3 is 3.00 bits per heavy atom. The molecule has 98 valence electrons. The number of tetrazole rings is 1. The van der Waals surface area contributed by atoms with Crippen LogP contribution >= 0.6 is 0 Å². The SMILES string of the molecule is CCN1CC(C(=O)NC(C)c2nn[nH]n2)CC1=O. The van der Waals surface area contributed by atoms with Crippen LogP contribution in [0.25, 0.3) is 0 Å². The normalized spacial score (nSPS) is 21.1. The number of rotatable bonds is 4. The lowest BCUT2D eigenvalue weighted by Crippen LogP contribution is -2.35. The molecule has 0 aliphatic carbocycles. The molecule has 1 fully saturated rings. The zero-order chi connectivity index (χ0) is 13.1. The van der Waals surface area contributed by atoms with Crippen molar-refractivity contribution >= 4 is 11.8 Å². The molecule has 0 aromatic carbocycles. The summed E-state index contributed by atoms with van der Waals surface area (Å²) in [5, 5.41) is 16.2. The van der Waals surface area contributed by atoms with Gasteiger partial charge in [-0.15, -0.1) is 10.2 Å². The van der Waals surface area contributed by atoms with E-state index in [0.717, 1.165) is 0 Å². The average molecular weight is 252 g/mol. The van der Waals surface area contributed by atoms with Gasteiger partial charge in [0.15, 0.2) is 5.82 Å². The minimum absolute atomic E-state index is 0.0323. The molecule has 2 atom stereocenters. The molecule has 0 saturated carbocycles. The van der Waals surface area contributed by atoms with Gasteiger partial charge in [0, 0.05) is 19.5 Å². The molecular weight excluding hydrogens is 236 g/mol. The Balaban J connectivity index is 1.91. The maximum atomic E-state index is 12.0. The molecule has 1 aromatic heterocycles. The zero-order valence-corrected chi connectivity index (χ0v) is 10.4. The number of hydrogen-bond donors (Lipinski definition) is 2. The van der Waals surface area contributed by atoms with Gasteiger partial charge < -0.3 is 10.2 Å². The monoisotopic (exact) mass is 252 g/mol. The number of H-pyrrole nitrogens is 1. The molecule has 2 unspecified atom stereocenters. The van der Waals surface area contributed by atoms with Crippen LogP contribution in [0.3, 0.4) is 0 Å². The van der Waals surface area contributed by atoms with Gasteiger partial charge in [-0.1, -0.05) is 5.21 Å². The Kier molecular flexibility index (Phi) is 3.54. The summed E-state index contributed by atoms with van der Waals surface area (Å²) in [4.78, 5) is 25.2. The first kappa shape index (κ1) is 12.5. The lowest BCUT2D eigenvalue weighted by Gasteiger charge is -2.15. The van der Waals surface area contributed by atoms with Crippen LogP contribution in [0, 0.1) is 5.92 Å². The van der Waals surface area contributed by atoms with Gasteiger partial charge >= 0.3 is 0 Å². The number of carbonyl (C=O) groups excluding carboxylic acids is 2. The molecule has 1 aromatic rings. The number of amides is 2. The first-order valence-electron chi connectivity index (χ1n) is 5.93. The van der Waals surface area contributed by atoms with Crippen molar-refractivity contribution in [3.8, 4) is 0 Å². The van der Waals surface area contributed by atoms with Gasteiger partial charge in [0.2, 0.25) is 11.8 Å². The van der Waals surface area contributed by atoms with Gasteiger partial charge in [-0.3, -0.25) is 9.59 Å². The molecule has 2 heterocycles. The van der Waals surface area contributed by atoms with Crippen LogP contribution < -0.4 is 5.32 Å². The van der Waals surface area contributed by atoms with Gasteiger partial charge in [-0.25, -0.2) is 0 Å². The van der Waals surface area contributed by atoms with Crippen LogP contribution in [-0.4, -0.2) is 50.4 Å². The Morgan fingerprint density at radius 2 is 2.44 bits per heavy atom. The minimum atomic E-state index is -0.318. The molecule has 1 saturated heterocycles. The Labute approximate surface area is 104 Å². The first-order chi connectivity index (χ1) is 8.61. The van der Waals surface area contributed by atoms with E-state index in [0.29, 0.717) is 18.9 Å². The highest BCUT2D eigenvalue weighted by atomic mass is 16.2. The van der Waals surface area contributed by atoms with Gasteiger partial charge in [0.05, 0.1) is 12.0 Å². The smallest absolute Gasteiger partial charge is 0.226 e. The molecule has 0 spiro atoms. The summed E-state index contributed by atoms with van der Waals surface area (Å²) in [6.07, 6.45) is 0.276. The number of nitrogens with one attached hydrogen (secondary N) is 2. The molecule has 2 rings (SSSR count). The second-order valence-corrected chi connectivity index (χ2v) is 4.33. The van der Waals surface area contributed by atoms with Gasteiger partial charge in [0.25, 0.3) is 0 Å². The van der Waals surface area contributed by atoms with Crippen molar-refractivity contribution in [2.45, 2.75) is 26.3 Å². The summed E-state index contributed by atoms with van der Waals surface area (Å²) in [7, 11) is 0. The Morgan fingerprint density at radius 1 is 1.67 bits per heavy atom. The number of aromatic nitrogens is 4. The maximum Gasteiger partial charge on any atom is 0.226 e. The summed E-state index contributed by atoms with van der Waals surface area (Å²) in [6, 6.07) is -0.318. The molecular formula is C10H16N6O2. The van der Waals surface area contributed by atoms with E-state index in [1.165, 1.54) is 0 Å². The third-order valence-electron chi connectivity index (χ3n) is 3.07. The minimum Gasteiger partial charge on any atom is -0.346 e. The Hall–Kier alpha value is -1.99. The average Bonchev–Trinajstić information content (AvgIpc) is 2.97. The van der Waals surface area contributed by atoms with E-state index in [4.69, 9.17) is 0 Å². The summed E-state index contributed by atoms with van der Waals surface area (Å²) in [6.45, 7) is 4.81. The van der Waals surface area contributed by atoms with E-state index in [9.17, 15) is 9.59 Å². The molecule has 2 N–H and O–H groups in total. The molecule has 8 nitrogen and oxygen atoms in total. The number of aromatic amines is 1. The van der Waals surface area contributed by atoms with Crippen molar-refractivity contribution in [2.24, 2.45) is 5.92 Å². The van der Waals surface area contributed by atoms with Crippen molar-refractivity contribution in [1.29, 1.82) is 0 Å². The van der Waals surface area contributed by atoms with Crippen LogP contribution in [0.4, 0.5) is 0 Å². The molecule has 2 amide bonds. The molecule has 0 bridgehead atoms. The fraction of sp³-hybridized carbons (Fsp3) is 0.700. The molecule has 8 heteroatoms. The number of carbonyl (C=O) groups is 2. The second-order valence-electron chi connectivity index (χ2n) is 4.33. The second kappa shape index (κ2) is 5.11. The van der Waals surface area contributed by atoms with Crippen molar-refractivity contribution in [3.05, 3.63) is 5.82 Å². The Bertz CT molecular complexity index is 432. The van der Waals surface area contributed by atoms with Crippen LogP contribution in [0.1, 0.15) is 32.1 Å². The summed E-state index contributed by atoms with van der Waals surface area (Å²) < 4.78 is 0. The van der Waals surface area contributed by atoms with Crippen molar-refractivity contribution < 1.29 is 9.59 Å². The fourth-order valence-corrected chi connectivity index (χ4v) is 2.00. The van der Waals surface area contributed by atoms with Gasteiger partial charge in [0.1, 0.15) is 0 Å². The first-order valence-corrected chi connectivity index (χ1v) is 5.93. The van der Waals surface area contributed by atoms with E-state index in [1.807, 2.05) is 6.92 Å². The third kappa shape index (κ3) is 2.47. The number of hydrogen-bond acceptors (Lipinski definition) is 5. The highest BCUT2D eigenvalue weighted by Crippen LogP contribution is 2.18. The third-order valence-corrected chi connectivity index (χ3v) is 3.07. The number of likely N-dealkylation sites (tertiary alicyclic amines) is 1. The largest absolute Gasteiger partial charge is 0.346 e. The highest BCUT2D eigenvalue weighted by Gasteiger charge is 2.34. The van der Waals surface area contributed by atoms with Gasteiger partial charge in [-0.05, 0) is 13.8 Å². The maximum absolute atomic E-state index is 12.0. The standard InChI is InChI=1S/C10H16N6O2/c1-3-16-5-7(4-8(16)17)10(18)11-6(2)9-12-14-15-13-9/h6-7H,3-5H2,1-2H3,(H,11,18)(H,12,13,14,15). The van der Waals surface area contributed by atoms with Crippen LogP contribution in [0.2, 0.25) is 0 Å². The summed E-state index contributed by atoms with van der Waals surface area (Å²) in [5.41, 5.74) is 0. The molecule has 1 aliphatic rings. The highest BCUT2D eigenvalue weighted by molar-refractivity contribution is 5.89. The lowest BCUT2D eigenvalue weighted by atomic mass is 10.1. The fourth-order valence-electron chi connectivity index (χ4n) is 2.00. The van der Waals surface area contributed by atoms with Crippen LogP contribution in [-0.2, 0) is 9.59 Å². The van der Waals surface area contributed by atoms with Crippen LogP contribution in [0.5, 0.6) is 0 Å². The van der Waals surface area contributed by atoms with Crippen molar-refractivity contribution in [3.63, 3.8) is 0 Å². The van der Waals surface area contributed by atoms with Crippen molar-refractivity contribution in [2.75, 3.05) is 13.1 Å². The summed E-state index contributed by atoms with van der Waals surface area (Å²) in [5.74, 6) is 0.0355. The zero-order valence-electron chi connectivity index (χ0n) is 10.4. The lowest BCUT2D eigenvalue weighted by molar-refractivity contribution is -0.129. The van der Waals surface area contributed by atoms with E-state index < -0.39 is 0 Å². The quantitative estimate of drug-likeness (QED) is 0.733. The van der Waals surface area contributed by atoms with Crippen LogP contribution in [0.15, 0.2) is 0 Å². The number of nitrogens with zero attached hydrogens (tertiary/aromatic N) is 4. The van der Waals surface area contributed by atoms with E-state index >= 15 is 0 Å². The molecule has 18 heavy (non-hydrogen) atoms. The van der Waals surface area contributed by atoms with E-state index in [2.05, 4.69) is 25.9 Å². The molecule has 1 aliphatic heterocycles. The van der Waals surface area contributed by atoms with E-state index in [1.54, 1.807) is 11.8 Å². The topological polar surface area (TPSA) is 104 Å².